The van der Waals surface area contributed by atoms with Gasteiger partial charge in [-0.05, 0) is 43.0 Å². The van der Waals surface area contributed by atoms with Crippen LogP contribution in [0.5, 0.6) is 0 Å². The number of nitrogens with zero attached hydrogens (tertiary/aromatic N) is 1. The molecule has 0 unspecified atom stereocenters. The Morgan fingerprint density at radius 3 is 2.67 bits per heavy atom. The number of hydrogen-bond donors (Lipinski definition) is 2. The van der Waals surface area contributed by atoms with E-state index in [1.54, 1.807) is 0 Å². The number of benzene rings is 1. The Balaban J connectivity index is 2.05. The Hall–Kier alpha value is -2.08. The molecule has 24 heavy (non-hydrogen) atoms. The minimum atomic E-state index is -0.721. The van der Waals surface area contributed by atoms with Crippen molar-refractivity contribution in [3.8, 4) is 0 Å². The van der Waals surface area contributed by atoms with Crippen LogP contribution >= 0.6 is 0 Å². The zero-order chi connectivity index (χ0) is 17.9. The molecule has 0 saturated carbocycles. The molecule has 6 heteroatoms. The number of carbonyl (C=O) groups is 2. The molecule has 0 spiro atoms. The van der Waals surface area contributed by atoms with E-state index in [4.69, 9.17) is 4.74 Å². The van der Waals surface area contributed by atoms with E-state index in [0.29, 0.717) is 5.69 Å². The van der Waals surface area contributed by atoms with Crippen molar-refractivity contribution >= 4 is 17.7 Å². The number of hydrogen-bond acceptors (Lipinski definition) is 4. The number of ether oxygens (including phenoxy) is 1. The molecule has 1 heterocycles. The monoisotopic (exact) mass is 334 g/mol. The lowest BCUT2D eigenvalue weighted by Crippen LogP contribution is -2.43. The van der Waals surface area contributed by atoms with Crippen molar-refractivity contribution in [2.24, 2.45) is 5.92 Å². The molecule has 1 aliphatic rings. The van der Waals surface area contributed by atoms with E-state index < -0.39 is 18.2 Å². The fourth-order valence-corrected chi connectivity index (χ4v) is 2.63. The van der Waals surface area contributed by atoms with Gasteiger partial charge in [0.05, 0.1) is 19.3 Å². The van der Waals surface area contributed by atoms with Crippen molar-refractivity contribution in [2.75, 3.05) is 18.5 Å². The second-order valence-electron chi connectivity index (χ2n) is 6.82. The van der Waals surface area contributed by atoms with E-state index in [-0.39, 0.29) is 31.4 Å². The lowest BCUT2D eigenvalue weighted by Gasteiger charge is -2.23. The molecule has 1 fully saturated rings. The van der Waals surface area contributed by atoms with Gasteiger partial charge in [-0.25, -0.2) is 4.79 Å². The van der Waals surface area contributed by atoms with Crippen LogP contribution in [-0.2, 0) is 9.53 Å². The summed E-state index contributed by atoms with van der Waals surface area (Å²) in [5.74, 6) is -0.0967. The number of aliphatic hydroxyl groups excluding tert-OH is 1. The summed E-state index contributed by atoms with van der Waals surface area (Å²) in [6.07, 6.45) is -1.06. The lowest BCUT2D eigenvalue weighted by atomic mass is 10.1. The molecule has 1 aromatic carbocycles. The minimum absolute atomic E-state index is 0.113. The Morgan fingerprint density at radius 2 is 2.04 bits per heavy atom. The van der Waals surface area contributed by atoms with E-state index in [0.717, 1.165) is 11.1 Å². The molecule has 1 aromatic rings. The molecule has 2 N–H and O–H groups in total. The second kappa shape index (κ2) is 7.66. The first-order chi connectivity index (χ1) is 11.3. The lowest BCUT2D eigenvalue weighted by molar-refractivity contribution is -0.120. The third-order valence-electron chi connectivity index (χ3n) is 4.13. The normalized spacial score (nSPS) is 20.3. The molecule has 0 bridgehead atoms. The van der Waals surface area contributed by atoms with Crippen LogP contribution in [0.2, 0.25) is 0 Å². The zero-order valence-electron chi connectivity index (χ0n) is 14.7. The molecule has 6 nitrogen and oxygen atoms in total. The summed E-state index contributed by atoms with van der Waals surface area (Å²) < 4.78 is 5.20. The van der Waals surface area contributed by atoms with Gasteiger partial charge >= 0.3 is 6.09 Å². The van der Waals surface area contributed by atoms with Crippen molar-refractivity contribution in [3.05, 3.63) is 29.3 Å². The average Bonchev–Trinajstić information content (AvgIpc) is 2.90. The molecule has 2 amide bonds. The van der Waals surface area contributed by atoms with Crippen molar-refractivity contribution in [1.82, 2.24) is 4.90 Å². The summed E-state index contributed by atoms with van der Waals surface area (Å²) in [5.41, 5.74) is 2.90. The topological polar surface area (TPSA) is 78.9 Å². The molecule has 0 aromatic heterocycles. The summed E-state index contributed by atoms with van der Waals surface area (Å²) in [7, 11) is 0. The van der Waals surface area contributed by atoms with Crippen molar-refractivity contribution in [2.45, 2.75) is 46.3 Å². The number of nitrogens with one attached hydrogen (secondary N) is 1. The van der Waals surface area contributed by atoms with E-state index in [1.807, 2.05) is 45.9 Å². The van der Waals surface area contributed by atoms with Crippen LogP contribution in [0, 0.1) is 19.8 Å². The van der Waals surface area contributed by atoms with E-state index in [2.05, 4.69) is 5.32 Å². The Kier molecular flexibility index (Phi) is 5.83. The third-order valence-corrected chi connectivity index (χ3v) is 4.13. The Bertz CT molecular complexity index is 615. The van der Waals surface area contributed by atoms with E-state index in [9.17, 15) is 14.7 Å². The highest BCUT2D eigenvalue weighted by Gasteiger charge is 2.39. The van der Waals surface area contributed by atoms with Gasteiger partial charge < -0.3 is 15.2 Å². The highest BCUT2D eigenvalue weighted by Crippen LogP contribution is 2.22. The van der Waals surface area contributed by atoms with Crippen LogP contribution in [0.3, 0.4) is 0 Å². The quantitative estimate of drug-likeness (QED) is 0.886. The largest absolute Gasteiger partial charge is 0.449 e. The number of anilines is 1. The molecule has 2 rings (SSSR count). The van der Waals surface area contributed by atoms with Gasteiger partial charge in [-0.2, -0.15) is 0 Å². The predicted octanol–water partition coefficient (Wildman–Crippen LogP) is 2.47. The van der Waals surface area contributed by atoms with Crippen LogP contribution in [0.25, 0.3) is 0 Å². The number of likely N-dealkylation sites (tertiary alicyclic amines) is 1. The standard InChI is InChI=1S/C18H26N2O4/c1-11(2)10-24-18(23)20-9-15(21)8-16(20)17(22)19-14-6-5-12(3)13(4)7-14/h5-7,11,15-16,21H,8-10H2,1-4H3,(H,19,22)/t15-,16+/m0/s1. The Morgan fingerprint density at radius 1 is 1.33 bits per heavy atom. The van der Waals surface area contributed by atoms with Crippen LogP contribution in [0.4, 0.5) is 10.5 Å². The second-order valence-corrected chi connectivity index (χ2v) is 6.82. The van der Waals surface area contributed by atoms with Gasteiger partial charge in [-0.15, -0.1) is 0 Å². The maximum atomic E-state index is 12.5. The van der Waals surface area contributed by atoms with Crippen LogP contribution < -0.4 is 5.32 Å². The smallest absolute Gasteiger partial charge is 0.410 e. The highest BCUT2D eigenvalue weighted by atomic mass is 16.6. The fraction of sp³-hybridized carbons (Fsp3) is 0.556. The molecule has 1 aliphatic heterocycles. The van der Waals surface area contributed by atoms with E-state index >= 15 is 0 Å². The minimum Gasteiger partial charge on any atom is -0.449 e. The number of amides is 2. The maximum absolute atomic E-state index is 12.5. The predicted molar refractivity (Wildman–Crippen MR) is 91.8 cm³/mol. The summed E-state index contributed by atoms with van der Waals surface area (Å²) >= 11 is 0. The number of carbonyl (C=O) groups excluding carboxylic acids is 2. The summed E-state index contributed by atoms with van der Waals surface area (Å²) in [4.78, 5) is 26.0. The molecule has 2 atom stereocenters. The van der Waals surface area contributed by atoms with Gasteiger partial charge in [-0.1, -0.05) is 19.9 Å². The van der Waals surface area contributed by atoms with Crippen molar-refractivity contribution in [3.63, 3.8) is 0 Å². The molecular weight excluding hydrogens is 308 g/mol. The SMILES string of the molecule is Cc1ccc(NC(=O)[C@H]2C[C@H](O)CN2C(=O)OCC(C)C)cc1C. The van der Waals surface area contributed by atoms with Crippen LogP contribution in [0.1, 0.15) is 31.4 Å². The number of aryl methyl sites for hydroxylation is 2. The first-order valence-electron chi connectivity index (χ1n) is 8.27. The fourth-order valence-electron chi connectivity index (χ4n) is 2.63. The van der Waals surface area contributed by atoms with Crippen molar-refractivity contribution in [1.29, 1.82) is 0 Å². The average molecular weight is 334 g/mol. The third kappa shape index (κ3) is 4.47. The van der Waals surface area contributed by atoms with Crippen LogP contribution in [-0.4, -0.2) is 47.3 Å². The first kappa shape index (κ1) is 18.3. The Labute approximate surface area is 142 Å². The molecule has 0 aliphatic carbocycles. The molecule has 132 valence electrons. The summed E-state index contributed by atoms with van der Waals surface area (Å²) in [5, 5.41) is 12.7. The number of aliphatic hydroxyl groups is 1. The van der Waals surface area contributed by atoms with Gasteiger partial charge in [0.2, 0.25) is 5.91 Å². The summed E-state index contributed by atoms with van der Waals surface area (Å²) in [6, 6.07) is 4.93. The van der Waals surface area contributed by atoms with Crippen molar-refractivity contribution < 1.29 is 19.4 Å². The van der Waals surface area contributed by atoms with Crippen LogP contribution in [0.15, 0.2) is 18.2 Å². The molecule has 0 radical (unpaired) electrons. The molecular formula is C18H26N2O4. The summed E-state index contributed by atoms with van der Waals surface area (Å²) in [6.45, 7) is 8.26. The zero-order valence-corrected chi connectivity index (χ0v) is 14.7. The highest BCUT2D eigenvalue weighted by molar-refractivity contribution is 5.97. The van der Waals surface area contributed by atoms with Gasteiger partial charge in [0.25, 0.3) is 0 Å². The van der Waals surface area contributed by atoms with Gasteiger partial charge in [0.15, 0.2) is 0 Å². The number of β-amino-alcohol motifs (C(OH)–C–C–N with tert-alkyl or cyclic N) is 1. The van der Waals surface area contributed by atoms with Gasteiger partial charge in [-0.3, -0.25) is 9.69 Å². The van der Waals surface area contributed by atoms with Gasteiger partial charge in [0, 0.05) is 12.1 Å². The maximum Gasteiger partial charge on any atom is 0.410 e. The number of rotatable bonds is 4. The van der Waals surface area contributed by atoms with Gasteiger partial charge in [0.1, 0.15) is 6.04 Å². The first-order valence-corrected chi connectivity index (χ1v) is 8.27. The molecule has 1 saturated heterocycles. The van der Waals surface area contributed by atoms with E-state index in [1.165, 1.54) is 4.90 Å².